The molecule has 3 rings (SSSR count). The Morgan fingerprint density at radius 3 is 2.78 bits per heavy atom. The minimum Gasteiger partial charge on any atom is -0.316 e. The third-order valence-corrected chi connectivity index (χ3v) is 4.94. The number of nitrogens with one attached hydrogen (secondary N) is 1. The standard InChI is InChI=1S/C16H24N2/c1-2-15-16(8-10-17-13-16)9-11-18(15)12-14-6-4-3-5-7-14/h3-7,15,17H,2,8-13H2,1H3. The Kier molecular flexibility index (Phi) is 3.40. The van der Waals surface area contributed by atoms with Gasteiger partial charge in [-0.3, -0.25) is 4.90 Å². The maximum atomic E-state index is 3.58. The molecule has 0 saturated carbocycles. The molecule has 2 atom stereocenters. The minimum absolute atomic E-state index is 0.573. The molecule has 18 heavy (non-hydrogen) atoms. The van der Waals surface area contributed by atoms with Gasteiger partial charge in [0.15, 0.2) is 0 Å². The van der Waals surface area contributed by atoms with Crippen LogP contribution in [0, 0.1) is 5.41 Å². The minimum atomic E-state index is 0.573. The summed E-state index contributed by atoms with van der Waals surface area (Å²) in [6.07, 6.45) is 4.04. The number of hydrogen-bond acceptors (Lipinski definition) is 2. The predicted octanol–water partition coefficient (Wildman–Crippen LogP) is 2.65. The van der Waals surface area contributed by atoms with Gasteiger partial charge in [0.1, 0.15) is 0 Å². The van der Waals surface area contributed by atoms with Crippen molar-refractivity contribution in [2.24, 2.45) is 5.41 Å². The summed E-state index contributed by atoms with van der Waals surface area (Å²) < 4.78 is 0. The van der Waals surface area contributed by atoms with Crippen molar-refractivity contribution in [1.82, 2.24) is 10.2 Å². The zero-order valence-corrected chi connectivity index (χ0v) is 11.4. The maximum absolute atomic E-state index is 3.58. The van der Waals surface area contributed by atoms with E-state index in [9.17, 15) is 0 Å². The zero-order valence-electron chi connectivity index (χ0n) is 11.4. The molecule has 2 aliphatic heterocycles. The Balaban J connectivity index is 1.74. The molecule has 0 aliphatic carbocycles. The molecule has 2 heterocycles. The quantitative estimate of drug-likeness (QED) is 0.879. The third kappa shape index (κ3) is 2.08. The molecule has 98 valence electrons. The third-order valence-electron chi connectivity index (χ3n) is 4.94. The molecule has 2 nitrogen and oxygen atoms in total. The molecular formula is C16H24N2. The second-order valence-electron chi connectivity index (χ2n) is 5.92. The fourth-order valence-corrected chi connectivity index (χ4v) is 4.04. The van der Waals surface area contributed by atoms with Gasteiger partial charge in [0.25, 0.3) is 0 Å². The SMILES string of the molecule is CCC1N(Cc2ccccc2)CCC12CCNC2. The van der Waals surface area contributed by atoms with Crippen molar-refractivity contribution < 1.29 is 0 Å². The van der Waals surface area contributed by atoms with Crippen molar-refractivity contribution in [3.8, 4) is 0 Å². The van der Waals surface area contributed by atoms with E-state index in [1.807, 2.05) is 0 Å². The van der Waals surface area contributed by atoms with Crippen LogP contribution >= 0.6 is 0 Å². The van der Waals surface area contributed by atoms with Gasteiger partial charge in [-0.25, -0.2) is 0 Å². The summed E-state index contributed by atoms with van der Waals surface area (Å²) in [5.74, 6) is 0. The highest BCUT2D eigenvalue weighted by atomic mass is 15.2. The van der Waals surface area contributed by atoms with Gasteiger partial charge >= 0.3 is 0 Å². The summed E-state index contributed by atoms with van der Waals surface area (Å²) in [5, 5.41) is 3.58. The highest BCUT2D eigenvalue weighted by Crippen LogP contribution is 2.43. The Hall–Kier alpha value is -0.860. The lowest BCUT2D eigenvalue weighted by Gasteiger charge is -2.34. The van der Waals surface area contributed by atoms with Crippen molar-refractivity contribution in [2.75, 3.05) is 19.6 Å². The number of hydrogen-bond donors (Lipinski definition) is 1. The molecule has 2 unspecified atom stereocenters. The van der Waals surface area contributed by atoms with Crippen molar-refractivity contribution in [3.63, 3.8) is 0 Å². The van der Waals surface area contributed by atoms with Crippen LogP contribution in [0.25, 0.3) is 0 Å². The largest absolute Gasteiger partial charge is 0.316 e. The molecule has 2 saturated heterocycles. The van der Waals surface area contributed by atoms with Crippen molar-refractivity contribution in [1.29, 1.82) is 0 Å². The van der Waals surface area contributed by atoms with Gasteiger partial charge < -0.3 is 5.32 Å². The molecule has 0 bridgehead atoms. The summed E-state index contributed by atoms with van der Waals surface area (Å²) in [4.78, 5) is 2.71. The first-order valence-electron chi connectivity index (χ1n) is 7.33. The fraction of sp³-hybridized carbons (Fsp3) is 0.625. The summed E-state index contributed by atoms with van der Waals surface area (Å²) in [6.45, 7) is 7.21. The van der Waals surface area contributed by atoms with Crippen LogP contribution in [0.4, 0.5) is 0 Å². The summed E-state index contributed by atoms with van der Waals surface area (Å²) >= 11 is 0. The molecule has 1 aromatic rings. The molecule has 0 radical (unpaired) electrons. The van der Waals surface area contributed by atoms with Crippen LogP contribution in [0.1, 0.15) is 31.7 Å². The van der Waals surface area contributed by atoms with Gasteiger partial charge in [0, 0.05) is 24.5 Å². The lowest BCUT2D eigenvalue weighted by Crippen LogP contribution is -2.40. The Labute approximate surface area is 110 Å². The molecule has 2 fully saturated rings. The second kappa shape index (κ2) is 5.02. The van der Waals surface area contributed by atoms with Gasteiger partial charge in [-0.2, -0.15) is 0 Å². The predicted molar refractivity (Wildman–Crippen MR) is 75.5 cm³/mol. The molecule has 0 amide bonds. The molecule has 2 aliphatic rings. The van der Waals surface area contributed by atoms with E-state index in [2.05, 4.69) is 47.5 Å². The highest BCUT2D eigenvalue weighted by Gasteiger charge is 2.47. The number of rotatable bonds is 3. The van der Waals surface area contributed by atoms with Crippen LogP contribution in [-0.2, 0) is 6.54 Å². The van der Waals surface area contributed by atoms with Crippen LogP contribution in [0.3, 0.4) is 0 Å². The first-order chi connectivity index (χ1) is 8.84. The first-order valence-corrected chi connectivity index (χ1v) is 7.33. The van der Waals surface area contributed by atoms with Crippen LogP contribution in [0.2, 0.25) is 0 Å². The molecule has 0 aromatic heterocycles. The number of benzene rings is 1. The molecule has 1 spiro atoms. The van der Waals surface area contributed by atoms with Crippen LogP contribution < -0.4 is 5.32 Å². The van der Waals surface area contributed by atoms with E-state index in [4.69, 9.17) is 0 Å². The molecular weight excluding hydrogens is 220 g/mol. The number of likely N-dealkylation sites (tertiary alicyclic amines) is 1. The van der Waals surface area contributed by atoms with Gasteiger partial charge in [-0.15, -0.1) is 0 Å². The average Bonchev–Trinajstić information content (AvgIpc) is 3.00. The van der Waals surface area contributed by atoms with E-state index >= 15 is 0 Å². The van der Waals surface area contributed by atoms with E-state index in [-0.39, 0.29) is 0 Å². The Morgan fingerprint density at radius 1 is 1.28 bits per heavy atom. The number of nitrogens with zero attached hydrogens (tertiary/aromatic N) is 1. The van der Waals surface area contributed by atoms with E-state index in [1.54, 1.807) is 0 Å². The normalized spacial score (nSPS) is 32.4. The monoisotopic (exact) mass is 244 g/mol. The highest BCUT2D eigenvalue weighted by molar-refractivity contribution is 5.15. The molecule has 2 heteroatoms. The second-order valence-corrected chi connectivity index (χ2v) is 5.92. The van der Waals surface area contributed by atoms with E-state index in [1.165, 1.54) is 44.5 Å². The first kappa shape index (κ1) is 12.2. The molecule has 1 aromatic carbocycles. The van der Waals surface area contributed by atoms with Crippen molar-refractivity contribution in [3.05, 3.63) is 35.9 Å². The molecule has 1 N–H and O–H groups in total. The fourth-order valence-electron chi connectivity index (χ4n) is 4.04. The van der Waals surface area contributed by atoms with Crippen LogP contribution in [0.15, 0.2) is 30.3 Å². The lowest BCUT2D eigenvalue weighted by atomic mass is 9.78. The maximum Gasteiger partial charge on any atom is 0.0236 e. The Bertz CT molecular complexity index is 381. The topological polar surface area (TPSA) is 15.3 Å². The van der Waals surface area contributed by atoms with Crippen molar-refractivity contribution in [2.45, 2.75) is 38.8 Å². The van der Waals surface area contributed by atoms with E-state index in [0.717, 1.165) is 12.6 Å². The van der Waals surface area contributed by atoms with E-state index in [0.29, 0.717) is 5.41 Å². The van der Waals surface area contributed by atoms with Gasteiger partial charge in [0.2, 0.25) is 0 Å². The van der Waals surface area contributed by atoms with Crippen LogP contribution in [-0.4, -0.2) is 30.6 Å². The van der Waals surface area contributed by atoms with Crippen LogP contribution in [0.5, 0.6) is 0 Å². The summed E-state index contributed by atoms with van der Waals surface area (Å²) in [5.41, 5.74) is 2.03. The van der Waals surface area contributed by atoms with Gasteiger partial charge in [0.05, 0.1) is 0 Å². The van der Waals surface area contributed by atoms with E-state index < -0.39 is 0 Å². The van der Waals surface area contributed by atoms with Crippen molar-refractivity contribution >= 4 is 0 Å². The average molecular weight is 244 g/mol. The zero-order chi connectivity index (χ0) is 12.4. The van der Waals surface area contributed by atoms with Gasteiger partial charge in [-0.1, -0.05) is 37.3 Å². The van der Waals surface area contributed by atoms with Gasteiger partial charge in [-0.05, 0) is 37.9 Å². The Morgan fingerprint density at radius 2 is 2.11 bits per heavy atom. The smallest absolute Gasteiger partial charge is 0.0236 e. The summed E-state index contributed by atoms with van der Waals surface area (Å²) in [7, 11) is 0. The summed E-state index contributed by atoms with van der Waals surface area (Å²) in [6, 6.07) is 11.7. The lowest BCUT2D eigenvalue weighted by molar-refractivity contribution is 0.156.